The van der Waals surface area contributed by atoms with Gasteiger partial charge in [0.15, 0.2) is 6.29 Å². The van der Waals surface area contributed by atoms with E-state index >= 15 is 0 Å². The van der Waals surface area contributed by atoms with Crippen molar-refractivity contribution in [3.05, 3.63) is 39.2 Å². The molecule has 0 N–H and O–H groups in total. The van der Waals surface area contributed by atoms with Crippen molar-refractivity contribution < 1.29 is 9.21 Å². The first kappa shape index (κ1) is 14.8. The maximum absolute atomic E-state index is 12.2. The molecule has 1 aromatic carbocycles. The quantitative estimate of drug-likeness (QED) is 0.628. The van der Waals surface area contributed by atoms with Gasteiger partial charge in [0.2, 0.25) is 0 Å². The largest absolute Gasteiger partial charge is 0.422 e. The SMILES string of the molecule is Cc1cc2oc(=O)c(C=O)c(N3CCCCCC3)c2cc1C. The summed E-state index contributed by atoms with van der Waals surface area (Å²) >= 11 is 0. The van der Waals surface area contributed by atoms with E-state index in [4.69, 9.17) is 4.42 Å². The van der Waals surface area contributed by atoms with Crippen LogP contribution in [0.25, 0.3) is 11.0 Å². The highest BCUT2D eigenvalue weighted by Gasteiger charge is 2.21. The average molecular weight is 299 g/mol. The van der Waals surface area contributed by atoms with Gasteiger partial charge in [0.05, 0.1) is 5.69 Å². The van der Waals surface area contributed by atoms with Crippen molar-refractivity contribution in [1.82, 2.24) is 0 Å². The molecule has 0 radical (unpaired) electrons. The molecule has 0 saturated carbocycles. The summed E-state index contributed by atoms with van der Waals surface area (Å²) < 4.78 is 5.37. The number of rotatable bonds is 2. The fourth-order valence-corrected chi connectivity index (χ4v) is 3.19. The molecular weight excluding hydrogens is 278 g/mol. The lowest BCUT2D eigenvalue weighted by Gasteiger charge is -2.25. The number of fused-ring (bicyclic) bond motifs is 1. The van der Waals surface area contributed by atoms with E-state index in [1.165, 1.54) is 12.8 Å². The van der Waals surface area contributed by atoms with Crippen LogP contribution in [0.5, 0.6) is 0 Å². The first-order chi connectivity index (χ1) is 10.6. The highest BCUT2D eigenvalue weighted by atomic mass is 16.4. The Morgan fingerprint density at radius 3 is 2.32 bits per heavy atom. The zero-order chi connectivity index (χ0) is 15.7. The molecular formula is C18H21NO3. The van der Waals surface area contributed by atoms with E-state index in [0.29, 0.717) is 11.9 Å². The molecule has 0 spiro atoms. The zero-order valence-corrected chi connectivity index (χ0v) is 13.1. The molecule has 2 heterocycles. The summed E-state index contributed by atoms with van der Waals surface area (Å²) in [6.45, 7) is 5.79. The minimum absolute atomic E-state index is 0.151. The number of aldehydes is 1. The molecule has 1 saturated heterocycles. The van der Waals surface area contributed by atoms with Gasteiger partial charge in [-0.25, -0.2) is 4.79 Å². The highest BCUT2D eigenvalue weighted by Crippen LogP contribution is 2.31. The van der Waals surface area contributed by atoms with E-state index in [9.17, 15) is 9.59 Å². The smallest absolute Gasteiger partial charge is 0.349 e. The minimum atomic E-state index is -0.537. The van der Waals surface area contributed by atoms with Crippen LogP contribution < -0.4 is 10.5 Å². The molecule has 116 valence electrons. The van der Waals surface area contributed by atoms with Gasteiger partial charge in [-0.3, -0.25) is 4.79 Å². The number of aryl methyl sites for hydroxylation is 2. The molecule has 1 fully saturated rings. The molecule has 0 aliphatic carbocycles. The minimum Gasteiger partial charge on any atom is -0.422 e. The Kier molecular flexibility index (Phi) is 4.01. The van der Waals surface area contributed by atoms with Gasteiger partial charge in [-0.15, -0.1) is 0 Å². The number of benzene rings is 1. The van der Waals surface area contributed by atoms with Crippen LogP contribution in [0.3, 0.4) is 0 Å². The summed E-state index contributed by atoms with van der Waals surface area (Å²) in [7, 11) is 0. The van der Waals surface area contributed by atoms with Crippen molar-refractivity contribution in [2.75, 3.05) is 18.0 Å². The van der Waals surface area contributed by atoms with E-state index in [-0.39, 0.29) is 5.56 Å². The lowest BCUT2D eigenvalue weighted by molar-refractivity contribution is 0.112. The Morgan fingerprint density at radius 2 is 1.68 bits per heavy atom. The van der Waals surface area contributed by atoms with E-state index in [2.05, 4.69) is 4.90 Å². The molecule has 4 heteroatoms. The van der Waals surface area contributed by atoms with E-state index < -0.39 is 5.63 Å². The van der Waals surface area contributed by atoms with Crippen molar-refractivity contribution in [3.8, 4) is 0 Å². The molecule has 1 aliphatic rings. The number of carbonyl (C=O) groups is 1. The van der Waals surface area contributed by atoms with Crippen LogP contribution in [0.1, 0.15) is 47.2 Å². The molecule has 1 aromatic heterocycles. The molecule has 1 aliphatic heterocycles. The van der Waals surface area contributed by atoms with Gasteiger partial charge in [-0.2, -0.15) is 0 Å². The van der Waals surface area contributed by atoms with Crippen molar-refractivity contribution in [1.29, 1.82) is 0 Å². The Balaban J connectivity index is 2.30. The molecule has 0 bridgehead atoms. The maximum atomic E-state index is 12.2. The van der Waals surface area contributed by atoms with E-state index in [0.717, 1.165) is 48.1 Å². The monoisotopic (exact) mass is 299 g/mol. The second-order valence-corrected chi connectivity index (χ2v) is 6.10. The Bertz CT molecular complexity index is 768. The Morgan fingerprint density at radius 1 is 1.05 bits per heavy atom. The summed E-state index contributed by atoms with van der Waals surface area (Å²) in [4.78, 5) is 25.9. The molecule has 4 nitrogen and oxygen atoms in total. The van der Waals surface area contributed by atoms with Crippen LogP contribution in [0, 0.1) is 13.8 Å². The standard InChI is InChI=1S/C18H21NO3/c1-12-9-14-16(10-13(12)2)22-18(21)15(11-20)17(14)19-7-5-3-4-6-8-19/h9-11H,3-8H2,1-2H3. The van der Waals surface area contributed by atoms with Crippen molar-refractivity contribution >= 4 is 22.9 Å². The van der Waals surface area contributed by atoms with Gasteiger partial charge in [0.1, 0.15) is 11.1 Å². The predicted octanol–water partition coefficient (Wildman–Crippen LogP) is 3.60. The summed E-state index contributed by atoms with van der Waals surface area (Å²) in [5, 5.41) is 0.867. The van der Waals surface area contributed by atoms with Gasteiger partial charge in [0, 0.05) is 18.5 Å². The van der Waals surface area contributed by atoms with Crippen LogP contribution in [0.2, 0.25) is 0 Å². The van der Waals surface area contributed by atoms with Gasteiger partial charge in [-0.1, -0.05) is 12.8 Å². The Hall–Kier alpha value is -2.10. The molecule has 0 atom stereocenters. The van der Waals surface area contributed by atoms with Crippen LogP contribution >= 0.6 is 0 Å². The number of anilines is 1. The molecule has 0 unspecified atom stereocenters. The number of hydrogen-bond acceptors (Lipinski definition) is 4. The third-order valence-electron chi connectivity index (χ3n) is 4.57. The Labute approximate surface area is 129 Å². The normalized spacial score (nSPS) is 15.8. The third kappa shape index (κ3) is 2.54. The second-order valence-electron chi connectivity index (χ2n) is 6.10. The average Bonchev–Trinajstić information content (AvgIpc) is 2.77. The number of carbonyl (C=O) groups excluding carboxylic acids is 1. The molecule has 2 aromatic rings. The van der Waals surface area contributed by atoms with Crippen LogP contribution in [0.15, 0.2) is 21.3 Å². The summed E-state index contributed by atoms with van der Waals surface area (Å²) in [5.74, 6) is 0. The number of hydrogen-bond donors (Lipinski definition) is 0. The maximum Gasteiger partial charge on any atom is 0.349 e. The van der Waals surface area contributed by atoms with Crippen molar-refractivity contribution in [2.45, 2.75) is 39.5 Å². The van der Waals surface area contributed by atoms with Crippen molar-refractivity contribution in [3.63, 3.8) is 0 Å². The lowest BCUT2D eigenvalue weighted by atomic mass is 10.0. The zero-order valence-electron chi connectivity index (χ0n) is 13.1. The van der Waals surface area contributed by atoms with Crippen LogP contribution in [-0.4, -0.2) is 19.4 Å². The van der Waals surface area contributed by atoms with Crippen LogP contribution in [-0.2, 0) is 0 Å². The molecule has 22 heavy (non-hydrogen) atoms. The van der Waals surface area contributed by atoms with Crippen molar-refractivity contribution in [2.24, 2.45) is 0 Å². The fraction of sp³-hybridized carbons (Fsp3) is 0.444. The van der Waals surface area contributed by atoms with E-state index in [1.54, 1.807) is 0 Å². The first-order valence-electron chi connectivity index (χ1n) is 7.90. The van der Waals surface area contributed by atoms with Gasteiger partial charge in [0.25, 0.3) is 0 Å². The molecule has 0 amide bonds. The van der Waals surface area contributed by atoms with Gasteiger partial charge in [-0.05, 0) is 49.9 Å². The van der Waals surface area contributed by atoms with E-state index in [1.807, 2.05) is 26.0 Å². The summed E-state index contributed by atoms with van der Waals surface area (Å²) in [6, 6.07) is 3.92. The lowest BCUT2D eigenvalue weighted by Crippen LogP contribution is -2.27. The fourth-order valence-electron chi connectivity index (χ4n) is 3.19. The first-order valence-corrected chi connectivity index (χ1v) is 7.90. The highest BCUT2D eigenvalue weighted by molar-refractivity contribution is 6.00. The topological polar surface area (TPSA) is 50.5 Å². The summed E-state index contributed by atoms with van der Waals surface area (Å²) in [6.07, 6.45) is 5.21. The van der Waals surface area contributed by atoms with Crippen LogP contribution in [0.4, 0.5) is 5.69 Å². The van der Waals surface area contributed by atoms with Gasteiger partial charge >= 0.3 is 5.63 Å². The molecule has 3 rings (SSSR count). The van der Waals surface area contributed by atoms with Gasteiger partial charge < -0.3 is 9.32 Å². The third-order valence-corrected chi connectivity index (χ3v) is 4.57. The second kappa shape index (κ2) is 5.95. The summed E-state index contributed by atoms with van der Waals surface area (Å²) in [5.41, 5.74) is 3.15. The predicted molar refractivity (Wildman–Crippen MR) is 88.0 cm³/mol. The number of nitrogens with zero attached hydrogens (tertiary/aromatic N) is 1.